The van der Waals surface area contributed by atoms with E-state index in [-0.39, 0.29) is 17.5 Å². The molecular formula is C13H14N2O3. The van der Waals surface area contributed by atoms with Crippen molar-refractivity contribution in [1.29, 1.82) is 0 Å². The van der Waals surface area contributed by atoms with E-state index in [2.05, 4.69) is 4.98 Å². The Morgan fingerprint density at radius 3 is 2.72 bits per heavy atom. The standard InChI is InChI=1S/C13H14N2O3/c16-10-6-2-1-5-9(10)15-12(17)8-4-3-7-14-11(8)13(15)18/h3-4,7,9-10,16H,1-2,5-6H2. The van der Waals surface area contributed by atoms with Crippen LogP contribution in [0.1, 0.15) is 46.5 Å². The summed E-state index contributed by atoms with van der Waals surface area (Å²) in [6, 6.07) is 2.86. The van der Waals surface area contributed by atoms with Crippen LogP contribution in [0.4, 0.5) is 0 Å². The number of aromatic nitrogens is 1. The Kier molecular flexibility index (Phi) is 2.63. The maximum atomic E-state index is 12.2. The van der Waals surface area contributed by atoms with Crippen LogP contribution in [0.3, 0.4) is 0 Å². The van der Waals surface area contributed by atoms with Crippen LogP contribution in [-0.4, -0.2) is 39.0 Å². The lowest BCUT2D eigenvalue weighted by Crippen LogP contribution is -2.48. The minimum atomic E-state index is -0.610. The first-order chi connectivity index (χ1) is 8.70. The molecule has 1 aromatic rings. The average Bonchev–Trinajstić information content (AvgIpc) is 2.64. The van der Waals surface area contributed by atoms with Crippen LogP contribution in [0.5, 0.6) is 0 Å². The number of hydrogen-bond acceptors (Lipinski definition) is 4. The SMILES string of the molecule is O=C1c2cccnc2C(=O)N1C1CCCCC1O. The Bertz CT molecular complexity index is 480. The minimum Gasteiger partial charge on any atom is -0.391 e. The molecule has 0 spiro atoms. The van der Waals surface area contributed by atoms with Gasteiger partial charge in [-0.1, -0.05) is 12.8 Å². The van der Waals surface area contributed by atoms with Crippen molar-refractivity contribution < 1.29 is 14.7 Å². The normalized spacial score (nSPS) is 27.5. The van der Waals surface area contributed by atoms with Gasteiger partial charge in [0.25, 0.3) is 11.8 Å². The van der Waals surface area contributed by atoms with Gasteiger partial charge in [-0.15, -0.1) is 0 Å². The van der Waals surface area contributed by atoms with E-state index in [1.807, 2.05) is 0 Å². The first-order valence-corrected chi connectivity index (χ1v) is 6.21. The van der Waals surface area contributed by atoms with Crippen LogP contribution in [0.25, 0.3) is 0 Å². The third kappa shape index (κ3) is 1.54. The Balaban J connectivity index is 1.96. The van der Waals surface area contributed by atoms with Crippen LogP contribution < -0.4 is 0 Å². The van der Waals surface area contributed by atoms with Crippen molar-refractivity contribution in [3.05, 3.63) is 29.6 Å². The van der Waals surface area contributed by atoms with Gasteiger partial charge in [-0.25, -0.2) is 0 Å². The molecule has 5 heteroatoms. The lowest BCUT2D eigenvalue weighted by atomic mass is 9.91. The van der Waals surface area contributed by atoms with Crippen LogP contribution in [0, 0.1) is 0 Å². The zero-order chi connectivity index (χ0) is 12.7. The highest BCUT2D eigenvalue weighted by Crippen LogP contribution is 2.30. The monoisotopic (exact) mass is 246 g/mol. The van der Waals surface area contributed by atoms with Gasteiger partial charge in [-0.2, -0.15) is 0 Å². The number of pyridine rings is 1. The summed E-state index contributed by atoms with van der Waals surface area (Å²) in [7, 11) is 0. The molecule has 0 aromatic carbocycles. The molecule has 1 aliphatic heterocycles. The molecule has 94 valence electrons. The Labute approximate surface area is 104 Å². The van der Waals surface area contributed by atoms with Gasteiger partial charge in [-0.3, -0.25) is 19.5 Å². The fourth-order valence-electron chi connectivity index (χ4n) is 2.78. The molecule has 0 saturated heterocycles. The molecule has 2 unspecified atom stereocenters. The summed E-state index contributed by atoms with van der Waals surface area (Å²) in [5.41, 5.74) is 0.556. The lowest BCUT2D eigenvalue weighted by Gasteiger charge is -2.33. The van der Waals surface area contributed by atoms with Gasteiger partial charge >= 0.3 is 0 Å². The van der Waals surface area contributed by atoms with Gasteiger partial charge < -0.3 is 5.11 Å². The number of nitrogens with zero attached hydrogens (tertiary/aromatic N) is 2. The molecule has 1 N–H and O–H groups in total. The summed E-state index contributed by atoms with van der Waals surface area (Å²) in [4.78, 5) is 29.6. The van der Waals surface area contributed by atoms with Crippen molar-refractivity contribution in [1.82, 2.24) is 9.88 Å². The largest absolute Gasteiger partial charge is 0.391 e. The summed E-state index contributed by atoms with van der Waals surface area (Å²) < 4.78 is 0. The van der Waals surface area contributed by atoms with Gasteiger partial charge in [0.2, 0.25) is 0 Å². The third-order valence-corrected chi connectivity index (χ3v) is 3.70. The summed E-state index contributed by atoms with van der Waals surface area (Å²) in [5, 5.41) is 9.98. The van der Waals surface area contributed by atoms with Crippen LogP contribution in [0.15, 0.2) is 18.3 Å². The summed E-state index contributed by atoms with van der Waals surface area (Å²) >= 11 is 0. The number of amides is 2. The number of carbonyl (C=O) groups is 2. The van der Waals surface area contributed by atoms with E-state index in [4.69, 9.17) is 0 Å². The van der Waals surface area contributed by atoms with Gasteiger partial charge in [0.15, 0.2) is 0 Å². The summed E-state index contributed by atoms with van der Waals surface area (Å²) in [6.45, 7) is 0. The fraction of sp³-hybridized carbons (Fsp3) is 0.462. The quantitative estimate of drug-likeness (QED) is 0.750. The van der Waals surface area contributed by atoms with Crippen LogP contribution in [0.2, 0.25) is 0 Å². The fourth-order valence-corrected chi connectivity index (χ4v) is 2.78. The number of aliphatic hydroxyl groups excluding tert-OH is 1. The maximum absolute atomic E-state index is 12.2. The molecule has 1 fully saturated rings. The molecule has 1 aromatic heterocycles. The predicted molar refractivity (Wildman–Crippen MR) is 63.0 cm³/mol. The number of rotatable bonds is 1. The first kappa shape index (κ1) is 11.3. The van der Waals surface area contributed by atoms with E-state index in [1.54, 1.807) is 12.1 Å². The highest BCUT2D eigenvalue weighted by Gasteiger charge is 2.43. The van der Waals surface area contributed by atoms with Crippen molar-refractivity contribution >= 4 is 11.8 Å². The molecular weight excluding hydrogens is 232 g/mol. The zero-order valence-corrected chi connectivity index (χ0v) is 9.87. The number of fused-ring (bicyclic) bond motifs is 1. The Morgan fingerprint density at radius 1 is 1.22 bits per heavy atom. The van der Waals surface area contributed by atoms with E-state index >= 15 is 0 Å². The highest BCUT2D eigenvalue weighted by atomic mass is 16.3. The molecule has 3 rings (SSSR count). The molecule has 1 aliphatic carbocycles. The summed E-state index contributed by atoms with van der Waals surface area (Å²) in [5.74, 6) is -0.699. The second kappa shape index (κ2) is 4.17. The molecule has 5 nitrogen and oxygen atoms in total. The van der Waals surface area contributed by atoms with E-state index < -0.39 is 12.1 Å². The first-order valence-electron chi connectivity index (χ1n) is 6.21. The van der Waals surface area contributed by atoms with Gasteiger partial charge in [0.1, 0.15) is 5.69 Å². The molecule has 2 atom stereocenters. The summed E-state index contributed by atoms with van der Waals surface area (Å²) in [6.07, 6.45) is 4.09. The number of hydrogen-bond donors (Lipinski definition) is 1. The van der Waals surface area contributed by atoms with Crippen molar-refractivity contribution in [2.24, 2.45) is 0 Å². The number of carbonyl (C=O) groups excluding carboxylic acids is 2. The third-order valence-electron chi connectivity index (χ3n) is 3.70. The molecule has 2 heterocycles. The van der Waals surface area contributed by atoms with Gasteiger partial charge in [-0.05, 0) is 25.0 Å². The lowest BCUT2D eigenvalue weighted by molar-refractivity contribution is 0.0202. The van der Waals surface area contributed by atoms with E-state index in [1.165, 1.54) is 11.1 Å². The number of imide groups is 1. The number of aliphatic hydroxyl groups is 1. The van der Waals surface area contributed by atoms with Gasteiger partial charge in [0.05, 0.1) is 17.7 Å². The van der Waals surface area contributed by atoms with Crippen molar-refractivity contribution in [2.45, 2.75) is 37.8 Å². The van der Waals surface area contributed by atoms with Crippen LogP contribution in [-0.2, 0) is 0 Å². The maximum Gasteiger partial charge on any atom is 0.280 e. The molecule has 0 radical (unpaired) electrons. The van der Waals surface area contributed by atoms with E-state index in [0.29, 0.717) is 18.4 Å². The minimum absolute atomic E-state index is 0.209. The second-order valence-electron chi connectivity index (χ2n) is 4.80. The smallest absolute Gasteiger partial charge is 0.280 e. The van der Waals surface area contributed by atoms with Crippen molar-refractivity contribution in [3.63, 3.8) is 0 Å². The molecule has 2 amide bonds. The zero-order valence-electron chi connectivity index (χ0n) is 9.87. The van der Waals surface area contributed by atoms with Crippen LogP contribution >= 0.6 is 0 Å². The Hall–Kier alpha value is -1.75. The van der Waals surface area contributed by atoms with Gasteiger partial charge in [0, 0.05) is 6.20 Å². The van der Waals surface area contributed by atoms with E-state index in [0.717, 1.165) is 12.8 Å². The molecule has 18 heavy (non-hydrogen) atoms. The topological polar surface area (TPSA) is 70.5 Å². The molecule has 1 saturated carbocycles. The average molecular weight is 246 g/mol. The van der Waals surface area contributed by atoms with Crippen molar-refractivity contribution in [3.8, 4) is 0 Å². The molecule has 2 aliphatic rings. The second-order valence-corrected chi connectivity index (χ2v) is 4.80. The molecule has 0 bridgehead atoms. The highest BCUT2D eigenvalue weighted by molar-refractivity contribution is 6.20. The predicted octanol–water partition coefficient (Wildman–Crippen LogP) is 0.981. The van der Waals surface area contributed by atoms with Crippen molar-refractivity contribution in [2.75, 3.05) is 0 Å². The van der Waals surface area contributed by atoms with E-state index in [9.17, 15) is 14.7 Å². The Morgan fingerprint density at radius 2 is 2.00 bits per heavy atom.